The summed E-state index contributed by atoms with van der Waals surface area (Å²) in [4.78, 5) is 12.4. The van der Waals surface area contributed by atoms with E-state index < -0.39 is 0 Å². The molecule has 1 heterocycles. The van der Waals surface area contributed by atoms with Gasteiger partial charge in [-0.25, -0.2) is 0 Å². The highest BCUT2D eigenvalue weighted by Crippen LogP contribution is 2.24. The van der Waals surface area contributed by atoms with Gasteiger partial charge < -0.3 is 10.1 Å². The van der Waals surface area contributed by atoms with Gasteiger partial charge in [0.1, 0.15) is 5.75 Å². The fourth-order valence-corrected chi connectivity index (χ4v) is 2.63. The average Bonchev–Trinajstić information content (AvgIpc) is 3.00. The molecule has 2 rings (SSSR count). The Kier molecular flexibility index (Phi) is 5.25. The zero-order chi connectivity index (χ0) is 14.4. The Hall–Kier alpha value is -1.73. The number of hydrogen-bond acceptors (Lipinski definition) is 4. The van der Waals surface area contributed by atoms with Crippen LogP contribution in [-0.4, -0.2) is 23.9 Å². The molecule has 1 aliphatic heterocycles. The lowest BCUT2D eigenvalue weighted by Crippen LogP contribution is -2.43. The van der Waals surface area contributed by atoms with Crippen molar-refractivity contribution in [3.8, 4) is 5.75 Å². The van der Waals surface area contributed by atoms with Crippen molar-refractivity contribution in [1.82, 2.24) is 10.9 Å². The number of allylic oxidation sites excluding steroid dienone is 1. The van der Waals surface area contributed by atoms with E-state index in [4.69, 9.17) is 17.0 Å². The fraction of sp³-hybridized carbons (Fsp3) is 0.231. The Morgan fingerprint density at radius 3 is 2.65 bits per heavy atom. The van der Waals surface area contributed by atoms with Crippen LogP contribution in [0, 0.1) is 0 Å². The van der Waals surface area contributed by atoms with Crippen molar-refractivity contribution >= 4 is 40.7 Å². The maximum atomic E-state index is 11.7. The van der Waals surface area contributed by atoms with Crippen molar-refractivity contribution in [1.29, 1.82) is 0 Å². The number of anilines is 1. The van der Waals surface area contributed by atoms with Gasteiger partial charge in [-0.2, -0.15) is 0 Å². The molecule has 0 saturated heterocycles. The van der Waals surface area contributed by atoms with Crippen molar-refractivity contribution in [2.45, 2.75) is 6.42 Å². The van der Waals surface area contributed by atoms with Crippen molar-refractivity contribution in [3.63, 3.8) is 0 Å². The fourth-order valence-electron chi connectivity index (χ4n) is 1.59. The Morgan fingerprint density at radius 2 is 2.05 bits per heavy atom. The van der Waals surface area contributed by atoms with Crippen LogP contribution >= 0.6 is 24.0 Å². The summed E-state index contributed by atoms with van der Waals surface area (Å²) in [6, 6.07) is 7.32. The van der Waals surface area contributed by atoms with Crippen molar-refractivity contribution in [3.05, 3.63) is 35.2 Å². The second-order valence-electron chi connectivity index (χ2n) is 3.97. The number of rotatable bonds is 3. The zero-order valence-electron chi connectivity index (χ0n) is 10.9. The molecule has 3 N–H and O–H groups in total. The van der Waals surface area contributed by atoms with Gasteiger partial charge in [-0.05, 0) is 42.9 Å². The highest BCUT2D eigenvalue weighted by Gasteiger charge is 2.13. The van der Waals surface area contributed by atoms with Gasteiger partial charge in [0.15, 0.2) is 5.11 Å². The van der Waals surface area contributed by atoms with E-state index in [0.717, 1.165) is 28.5 Å². The summed E-state index contributed by atoms with van der Waals surface area (Å²) in [7, 11) is 1.61. The SMILES string of the molecule is COc1ccc(NC(=S)NNC(=O)C2=CCCS2)cc1. The topological polar surface area (TPSA) is 62.4 Å². The van der Waals surface area contributed by atoms with Crippen LogP contribution in [0.25, 0.3) is 0 Å². The summed E-state index contributed by atoms with van der Waals surface area (Å²) in [5, 5.41) is 3.29. The number of nitrogens with one attached hydrogen (secondary N) is 3. The lowest BCUT2D eigenvalue weighted by atomic mass is 10.3. The quantitative estimate of drug-likeness (QED) is 0.587. The van der Waals surface area contributed by atoms with E-state index in [0.29, 0.717) is 5.11 Å². The van der Waals surface area contributed by atoms with E-state index in [1.807, 2.05) is 30.3 Å². The van der Waals surface area contributed by atoms with Gasteiger partial charge in [-0.1, -0.05) is 6.08 Å². The molecule has 0 atom stereocenters. The molecule has 0 radical (unpaired) electrons. The molecule has 1 amide bonds. The maximum Gasteiger partial charge on any atom is 0.275 e. The van der Waals surface area contributed by atoms with Crippen LogP contribution in [0.3, 0.4) is 0 Å². The van der Waals surface area contributed by atoms with E-state index in [-0.39, 0.29) is 5.91 Å². The molecule has 20 heavy (non-hydrogen) atoms. The number of hydrogen-bond donors (Lipinski definition) is 3. The van der Waals surface area contributed by atoms with Gasteiger partial charge in [-0.3, -0.25) is 15.6 Å². The van der Waals surface area contributed by atoms with Crippen LogP contribution in [0.5, 0.6) is 5.75 Å². The minimum absolute atomic E-state index is 0.161. The maximum absolute atomic E-state index is 11.7. The summed E-state index contributed by atoms with van der Waals surface area (Å²) >= 11 is 6.64. The third-order valence-corrected chi connectivity index (χ3v) is 3.87. The highest BCUT2D eigenvalue weighted by atomic mass is 32.2. The van der Waals surface area contributed by atoms with Gasteiger partial charge in [0, 0.05) is 11.4 Å². The van der Waals surface area contributed by atoms with Crippen LogP contribution in [-0.2, 0) is 4.79 Å². The molecule has 7 heteroatoms. The van der Waals surface area contributed by atoms with E-state index in [9.17, 15) is 4.79 Å². The Labute approximate surface area is 127 Å². The predicted molar refractivity (Wildman–Crippen MR) is 85.7 cm³/mol. The molecular weight excluding hydrogens is 294 g/mol. The number of thiocarbonyl (C=S) groups is 1. The second kappa shape index (κ2) is 7.16. The number of methoxy groups -OCH3 is 1. The van der Waals surface area contributed by atoms with E-state index in [1.165, 1.54) is 0 Å². The number of amides is 1. The zero-order valence-corrected chi connectivity index (χ0v) is 12.6. The first-order valence-corrected chi connectivity index (χ1v) is 7.43. The monoisotopic (exact) mass is 309 g/mol. The summed E-state index contributed by atoms with van der Waals surface area (Å²) in [6.07, 6.45) is 2.85. The lowest BCUT2D eigenvalue weighted by molar-refractivity contribution is -0.117. The summed E-state index contributed by atoms with van der Waals surface area (Å²) in [6.45, 7) is 0. The Morgan fingerprint density at radius 1 is 1.30 bits per heavy atom. The van der Waals surface area contributed by atoms with Crippen LogP contribution < -0.4 is 20.9 Å². The first-order chi connectivity index (χ1) is 9.69. The third kappa shape index (κ3) is 4.14. The second-order valence-corrected chi connectivity index (χ2v) is 5.51. The normalized spacial score (nSPS) is 13.3. The molecule has 0 aliphatic carbocycles. The molecule has 1 aromatic rings. The van der Waals surface area contributed by atoms with Gasteiger partial charge >= 0.3 is 0 Å². The first kappa shape index (κ1) is 14.7. The van der Waals surface area contributed by atoms with Gasteiger partial charge in [0.2, 0.25) is 0 Å². The molecule has 0 bridgehead atoms. The van der Waals surface area contributed by atoms with Gasteiger partial charge in [0.25, 0.3) is 5.91 Å². The molecule has 0 fully saturated rings. The number of carbonyl (C=O) groups excluding carboxylic acids is 1. The van der Waals surface area contributed by atoms with Crippen LogP contribution in [0.2, 0.25) is 0 Å². The molecule has 0 unspecified atom stereocenters. The number of thioether (sulfide) groups is 1. The van der Waals surface area contributed by atoms with Gasteiger partial charge in [-0.15, -0.1) is 11.8 Å². The summed E-state index contributed by atoms with van der Waals surface area (Å²) in [5.74, 6) is 1.57. The number of carbonyl (C=O) groups is 1. The molecule has 0 aromatic heterocycles. The molecule has 5 nitrogen and oxygen atoms in total. The molecule has 106 valence electrons. The van der Waals surface area contributed by atoms with Gasteiger partial charge in [0.05, 0.1) is 12.0 Å². The minimum atomic E-state index is -0.161. The first-order valence-electron chi connectivity index (χ1n) is 6.03. The molecule has 1 aliphatic rings. The van der Waals surface area contributed by atoms with Crippen LogP contribution in [0.4, 0.5) is 5.69 Å². The number of hydrazine groups is 1. The highest BCUT2D eigenvalue weighted by molar-refractivity contribution is 8.04. The molecule has 0 saturated carbocycles. The largest absolute Gasteiger partial charge is 0.497 e. The number of ether oxygens (including phenoxy) is 1. The Bertz CT molecular complexity index is 529. The third-order valence-electron chi connectivity index (χ3n) is 2.57. The Balaban J connectivity index is 1.78. The van der Waals surface area contributed by atoms with E-state index in [2.05, 4.69) is 16.2 Å². The van der Waals surface area contributed by atoms with Crippen LogP contribution in [0.1, 0.15) is 6.42 Å². The lowest BCUT2D eigenvalue weighted by Gasteiger charge is -2.12. The van der Waals surface area contributed by atoms with Crippen molar-refractivity contribution in [2.24, 2.45) is 0 Å². The number of benzene rings is 1. The van der Waals surface area contributed by atoms with Crippen molar-refractivity contribution in [2.75, 3.05) is 18.2 Å². The smallest absolute Gasteiger partial charge is 0.275 e. The molecule has 0 spiro atoms. The van der Waals surface area contributed by atoms with Crippen molar-refractivity contribution < 1.29 is 9.53 Å². The molecule has 1 aromatic carbocycles. The molecular formula is C13H15N3O2S2. The van der Waals surface area contributed by atoms with E-state index in [1.54, 1.807) is 18.9 Å². The average molecular weight is 309 g/mol. The standard InChI is InChI=1S/C13H15N3O2S2/c1-18-10-6-4-9(5-7-10)14-13(19)16-15-12(17)11-3-2-8-20-11/h3-7H,2,8H2,1H3,(H,15,17)(H2,14,16,19). The summed E-state index contributed by atoms with van der Waals surface area (Å²) in [5.41, 5.74) is 6.04. The van der Waals surface area contributed by atoms with Crippen LogP contribution in [0.15, 0.2) is 35.2 Å². The predicted octanol–water partition coefficient (Wildman–Crippen LogP) is 2.03. The minimum Gasteiger partial charge on any atom is -0.497 e. The summed E-state index contributed by atoms with van der Waals surface area (Å²) < 4.78 is 5.07. The van der Waals surface area contributed by atoms with E-state index >= 15 is 0 Å².